The number of benzene rings is 1. The fraction of sp³-hybridized carbons (Fsp3) is 0.647. The molecule has 3 N–H and O–H groups in total. The lowest BCUT2D eigenvalue weighted by Crippen LogP contribution is -2.39. The van der Waals surface area contributed by atoms with Crippen LogP contribution in [-0.4, -0.2) is 29.6 Å². The highest BCUT2D eigenvalue weighted by Gasteiger charge is 2.22. The number of hydrogen-bond donors (Lipinski definition) is 2. The van der Waals surface area contributed by atoms with Crippen molar-refractivity contribution in [2.75, 3.05) is 25.4 Å². The molecule has 2 rings (SSSR count). The number of nitrogens with two attached hydrogens (primary N) is 1. The Balaban J connectivity index is 1.88. The number of anilines is 1. The molecule has 1 aliphatic heterocycles. The minimum absolute atomic E-state index is 0.412. The number of piperidine rings is 1. The number of nitrogens with zero attached hydrogens (tertiary/aromatic N) is 1. The molecule has 1 fully saturated rings. The standard InChI is InChI=1S/C17H28N2O/c1-12-8-13(2)11-19(10-12)7-6-17(20)15-5-4-14(3)16(18)9-15/h4-5,9,12-13,17,20H,6-8,10-11,18H2,1-3H3. The topological polar surface area (TPSA) is 49.5 Å². The first kappa shape index (κ1) is 15.3. The van der Waals surface area contributed by atoms with E-state index in [1.807, 2.05) is 25.1 Å². The quantitative estimate of drug-likeness (QED) is 0.831. The fourth-order valence-electron chi connectivity index (χ4n) is 3.31. The van der Waals surface area contributed by atoms with E-state index in [1.165, 1.54) is 6.42 Å². The molecule has 0 bridgehead atoms. The fourth-order valence-corrected chi connectivity index (χ4v) is 3.31. The van der Waals surface area contributed by atoms with Crippen molar-refractivity contribution in [3.8, 4) is 0 Å². The Kier molecular flexibility index (Phi) is 5.06. The first-order valence-corrected chi connectivity index (χ1v) is 7.72. The average Bonchev–Trinajstić information content (AvgIpc) is 2.38. The minimum atomic E-state index is -0.412. The van der Waals surface area contributed by atoms with Crippen LogP contribution in [0.3, 0.4) is 0 Å². The smallest absolute Gasteiger partial charge is 0.0803 e. The van der Waals surface area contributed by atoms with Gasteiger partial charge in [-0.25, -0.2) is 0 Å². The number of nitrogen functional groups attached to an aromatic ring is 1. The van der Waals surface area contributed by atoms with Crippen molar-refractivity contribution in [1.29, 1.82) is 0 Å². The Bertz CT molecular complexity index is 437. The summed E-state index contributed by atoms with van der Waals surface area (Å²) in [5.41, 5.74) is 8.68. The van der Waals surface area contributed by atoms with Crippen LogP contribution in [-0.2, 0) is 0 Å². The van der Waals surface area contributed by atoms with Gasteiger partial charge in [-0.05, 0) is 48.8 Å². The Morgan fingerprint density at radius 3 is 2.55 bits per heavy atom. The van der Waals surface area contributed by atoms with E-state index >= 15 is 0 Å². The van der Waals surface area contributed by atoms with E-state index in [4.69, 9.17) is 5.73 Å². The molecule has 1 aromatic carbocycles. The summed E-state index contributed by atoms with van der Waals surface area (Å²) in [5.74, 6) is 1.54. The number of aryl methyl sites for hydroxylation is 1. The van der Waals surface area contributed by atoms with Crippen LogP contribution in [0.4, 0.5) is 5.69 Å². The van der Waals surface area contributed by atoms with Crippen LogP contribution in [0.25, 0.3) is 0 Å². The van der Waals surface area contributed by atoms with Crippen molar-refractivity contribution >= 4 is 5.69 Å². The highest BCUT2D eigenvalue weighted by Crippen LogP contribution is 2.24. The second-order valence-corrected chi connectivity index (χ2v) is 6.63. The van der Waals surface area contributed by atoms with E-state index in [1.54, 1.807) is 0 Å². The molecule has 112 valence electrons. The molecule has 3 nitrogen and oxygen atoms in total. The van der Waals surface area contributed by atoms with Gasteiger partial charge in [0.15, 0.2) is 0 Å². The van der Waals surface area contributed by atoms with Crippen molar-refractivity contribution in [1.82, 2.24) is 4.90 Å². The van der Waals surface area contributed by atoms with Crippen LogP contribution in [0.1, 0.15) is 43.9 Å². The summed E-state index contributed by atoms with van der Waals surface area (Å²) >= 11 is 0. The average molecular weight is 276 g/mol. The van der Waals surface area contributed by atoms with E-state index < -0.39 is 6.10 Å². The van der Waals surface area contributed by atoms with E-state index in [0.29, 0.717) is 0 Å². The van der Waals surface area contributed by atoms with Crippen molar-refractivity contribution < 1.29 is 5.11 Å². The van der Waals surface area contributed by atoms with Gasteiger partial charge in [-0.15, -0.1) is 0 Å². The third-order valence-electron chi connectivity index (χ3n) is 4.35. The minimum Gasteiger partial charge on any atom is -0.399 e. The summed E-state index contributed by atoms with van der Waals surface area (Å²) in [6.45, 7) is 9.91. The third-order valence-corrected chi connectivity index (χ3v) is 4.35. The van der Waals surface area contributed by atoms with Crippen LogP contribution in [0.2, 0.25) is 0 Å². The zero-order valence-corrected chi connectivity index (χ0v) is 13.0. The molecule has 0 spiro atoms. The zero-order valence-electron chi connectivity index (χ0n) is 13.0. The largest absolute Gasteiger partial charge is 0.399 e. The number of aliphatic hydroxyl groups is 1. The van der Waals surface area contributed by atoms with Crippen molar-refractivity contribution in [2.24, 2.45) is 11.8 Å². The monoisotopic (exact) mass is 276 g/mol. The summed E-state index contributed by atoms with van der Waals surface area (Å²) in [6.07, 6.45) is 1.70. The van der Waals surface area contributed by atoms with Gasteiger partial charge >= 0.3 is 0 Å². The van der Waals surface area contributed by atoms with Gasteiger partial charge in [0.05, 0.1) is 6.10 Å². The summed E-state index contributed by atoms with van der Waals surface area (Å²) < 4.78 is 0. The van der Waals surface area contributed by atoms with Crippen LogP contribution >= 0.6 is 0 Å². The third kappa shape index (κ3) is 3.97. The predicted molar refractivity (Wildman–Crippen MR) is 84.6 cm³/mol. The van der Waals surface area contributed by atoms with Crippen molar-refractivity contribution in [3.63, 3.8) is 0 Å². The van der Waals surface area contributed by atoms with Gasteiger partial charge in [0.1, 0.15) is 0 Å². The molecule has 20 heavy (non-hydrogen) atoms. The normalized spacial score (nSPS) is 25.6. The summed E-state index contributed by atoms with van der Waals surface area (Å²) in [4.78, 5) is 2.49. The summed E-state index contributed by atoms with van der Waals surface area (Å²) in [7, 11) is 0. The summed E-state index contributed by atoms with van der Waals surface area (Å²) in [6, 6.07) is 5.87. The predicted octanol–water partition coefficient (Wildman–Crippen LogP) is 2.98. The zero-order chi connectivity index (χ0) is 14.7. The highest BCUT2D eigenvalue weighted by atomic mass is 16.3. The highest BCUT2D eigenvalue weighted by molar-refractivity contribution is 5.48. The maximum atomic E-state index is 10.3. The van der Waals surface area contributed by atoms with Gasteiger partial charge in [-0.3, -0.25) is 0 Å². The first-order valence-electron chi connectivity index (χ1n) is 7.72. The molecule has 1 heterocycles. The molecule has 0 radical (unpaired) electrons. The molecule has 1 aliphatic rings. The number of rotatable bonds is 4. The van der Waals surface area contributed by atoms with Gasteiger partial charge in [0.2, 0.25) is 0 Å². The molecule has 0 aromatic heterocycles. The van der Waals surface area contributed by atoms with Crippen LogP contribution in [0.5, 0.6) is 0 Å². The molecule has 3 atom stereocenters. The van der Waals surface area contributed by atoms with Crippen LogP contribution < -0.4 is 5.73 Å². The first-order chi connectivity index (χ1) is 9.45. The lowest BCUT2D eigenvalue weighted by molar-refractivity contribution is 0.103. The van der Waals surface area contributed by atoms with E-state index in [-0.39, 0.29) is 0 Å². The SMILES string of the molecule is Cc1ccc(C(O)CCN2CC(C)CC(C)C2)cc1N. The maximum absolute atomic E-state index is 10.3. The van der Waals surface area contributed by atoms with Gasteiger partial charge in [-0.1, -0.05) is 26.0 Å². The number of aliphatic hydroxyl groups excluding tert-OH is 1. The van der Waals surface area contributed by atoms with E-state index in [2.05, 4.69) is 18.7 Å². The van der Waals surface area contributed by atoms with Crippen molar-refractivity contribution in [2.45, 2.75) is 39.7 Å². The Labute approximate surface area is 122 Å². The van der Waals surface area contributed by atoms with Gasteiger partial charge in [0.25, 0.3) is 0 Å². The molecule has 3 heteroatoms. The second kappa shape index (κ2) is 6.59. The molecule has 0 aliphatic carbocycles. The molecule has 1 aromatic rings. The molecular formula is C17H28N2O. The van der Waals surface area contributed by atoms with Crippen LogP contribution in [0.15, 0.2) is 18.2 Å². The Hall–Kier alpha value is -1.06. The van der Waals surface area contributed by atoms with E-state index in [9.17, 15) is 5.11 Å². The molecular weight excluding hydrogens is 248 g/mol. The Morgan fingerprint density at radius 1 is 1.30 bits per heavy atom. The molecule has 3 unspecified atom stereocenters. The number of likely N-dealkylation sites (tertiary alicyclic amines) is 1. The van der Waals surface area contributed by atoms with Gasteiger partial charge < -0.3 is 15.7 Å². The van der Waals surface area contributed by atoms with E-state index in [0.717, 1.165) is 54.7 Å². The maximum Gasteiger partial charge on any atom is 0.0803 e. The lowest BCUT2D eigenvalue weighted by atomic mass is 9.91. The lowest BCUT2D eigenvalue weighted by Gasteiger charge is -2.35. The molecule has 0 amide bonds. The Morgan fingerprint density at radius 2 is 1.95 bits per heavy atom. The summed E-state index contributed by atoms with van der Waals surface area (Å²) in [5, 5.41) is 10.3. The molecule has 0 saturated carbocycles. The number of hydrogen-bond acceptors (Lipinski definition) is 3. The van der Waals surface area contributed by atoms with Crippen molar-refractivity contribution in [3.05, 3.63) is 29.3 Å². The van der Waals surface area contributed by atoms with Gasteiger partial charge in [-0.2, -0.15) is 0 Å². The van der Waals surface area contributed by atoms with Crippen LogP contribution in [0, 0.1) is 18.8 Å². The van der Waals surface area contributed by atoms with Gasteiger partial charge in [0, 0.05) is 25.3 Å². The second-order valence-electron chi connectivity index (χ2n) is 6.63. The molecule has 1 saturated heterocycles.